The van der Waals surface area contributed by atoms with Gasteiger partial charge in [-0.05, 0) is 44.2 Å². The van der Waals surface area contributed by atoms with E-state index in [0.717, 1.165) is 5.92 Å². The average Bonchev–Trinajstić information content (AvgIpc) is 2.93. The zero-order chi connectivity index (χ0) is 15.1. The number of rotatable bonds is 8. The van der Waals surface area contributed by atoms with Crippen molar-refractivity contribution < 1.29 is 0 Å². The van der Waals surface area contributed by atoms with E-state index in [1.54, 1.807) is 0 Å². The Morgan fingerprint density at radius 3 is 2.71 bits per heavy atom. The van der Waals surface area contributed by atoms with E-state index in [2.05, 4.69) is 61.3 Å². The van der Waals surface area contributed by atoms with Gasteiger partial charge in [0.1, 0.15) is 0 Å². The lowest BCUT2D eigenvalue weighted by Gasteiger charge is -2.22. The van der Waals surface area contributed by atoms with E-state index < -0.39 is 0 Å². The molecule has 1 aromatic carbocycles. The van der Waals surface area contributed by atoms with E-state index in [-0.39, 0.29) is 0 Å². The Kier molecular flexibility index (Phi) is 6.72. The van der Waals surface area contributed by atoms with E-state index in [0.29, 0.717) is 12.1 Å². The van der Waals surface area contributed by atoms with Gasteiger partial charge in [-0.1, -0.05) is 50.6 Å². The highest BCUT2D eigenvalue weighted by atomic mass is 15.2. The molecule has 1 fully saturated rings. The summed E-state index contributed by atoms with van der Waals surface area (Å²) in [4.78, 5) is 2.61. The summed E-state index contributed by atoms with van der Waals surface area (Å²) in [7, 11) is 0. The highest BCUT2D eigenvalue weighted by Gasteiger charge is 2.23. The fourth-order valence-corrected chi connectivity index (χ4v) is 3.34. The van der Waals surface area contributed by atoms with Crippen LogP contribution in [0.15, 0.2) is 30.3 Å². The normalized spacial score (nSPS) is 22.3. The standard InChI is InChI=1S/C19H32N2/c1-4-16(2)14-17(3)20-19-11-13-21(15-19)12-10-18-8-6-5-7-9-18/h5-9,16-17,19-20H,4,10-15H2,1-3H3. The molecule has 21 heavy (non-hydrogen) atoms. The maximum Gasteiger partial charge on any atom is 0.0209 e. The first kappa shape index (κ1) is 16.5. The van der Waals surface area contributed by atoms with E-state index in [1.807, 2.05) is 0 Å². The molecule has 2 nitrogen and oxygen atoms in total. The summed E-state index contributed by atoms with van der Waals surface area (Å²) in [6.45, 7) is 10.7. The zero-order valence-electron chi connectivity index (χ0n) is 14.0. The van der Waals surface area contributed by atoms with Gasteiger partial charge in [-0.25, -0.2) is 0 Å². The lowest BCUT2D eigenvalue weighted by Crippen LogP contribution is -2.39. The van der Waals surface area contributed by atoms with Crippen molar-refractivity contribution in [3.8, 4) is 0 Å². The number of hydrogen-bond acceptors (Lipinski definition) is 2. The molecule has 2 heteroatoms. The highest BCUT2D eigenvalue weighted by molar-refractivity contribution is 5.14. The molecular formula is C19H32N2. The van der Waals surface area contributed by atoms with Gasteiger partial charge < -0.3 is 10.2 Å². The minimum atomic E-state index is 0.652. The number of benzene rings is 1. The third-order valence-corrected chi connectivity index (χ3v) is 4.80. The number of likely N-dealkylation sites (tertiary alicyclic amines) is 1. The first-order valence-corrected chi connectivity index (χ1v) is 8.69. The fraction of sp³-hybridized carbons (Fsp3) is 0.684. The predicted molar refractivity (Wildman–Crippen MR) is 91.7 cm³/mol. The van der Waals surface area contributed by atoms with Crippen molar-refractivity contribution in [3.63, 3.8) is 0 Å². The second-order valence-corrected chi connectivity index (χ2v) is 6.84. The number of nitrogens with zero attached hydrogens (tertiary/aromatic N) is 1. The molecule has 3 atom stereocenters. The zero-order valence-corrected chi connectivity index (χ0v) is 14.0. The third kappa shape index (κ3) is 5.80. The van der Waals surface area contributed by atoms with Crippen LogP contribution in [-0.2, 0) is 6.42 Å². The summed E-state index contributed by atoms with van der Waals surface area (Å²) in [5.74, 6) is 0.836. The molecule has 3 unspecified atom stereocenters. The SMILES string of the molecule is CCC(C)CC(C)NC1CCN(CCc2ccccc2)C1. The van der Waals surface area contributed by atoms with Crippen LogP contribution in [0.4, 0.5) is 0 Å². The maximum absolute atomic E-state index is 3.83. The average molecular weight is 288 g/mol. The Balaban J connectivity index is 1.66. The van der Waals surface area contributed by atoms with Gasteiger partial charge in [0.05, 0.1) is 0 Å². The molecule has 0 aliphatic carbocycles. The molecule has 1 saturated heterocycles. The lowest BCUT2D eigenvalue weighted by molar-refractivity contribution is 0.318. The Bertz CT molecular complexity index is 390. The molecule has 118 valence electrons. The predicted octanol–water partition coefficient (Wildman–Crippen LogP) is 3.72. The molecule has 0 spiro atoms. The molecule has 1 aliphatic rings. The fourth-order valence-electron chi connectivity index (χ4n) is 3.34. The largest absolute Gasteiger partial charge is 0.310 e. The number of hydrogen-bond donors (Lipinski definition) is 1. The molecular weight excluding hydrogens is 256 g/mol. The topological polar surface area (TPSA) is 15.3 Å². The van der Waals surface area contributed by atoms with E-state index in [9.17, 15) is 0 Å². The second kappa shape index (κ2) is 8.55. The molecule has 0 bridgehead atoms. The quantitative estimate of drug-likeness (QED) is 0.784. The molecule has 0 radical (unpaired) electrons. The Morgan fingerprint density at radius 2 is 2.00 bits per heavy atom. The monoisotopic (exact) mass is 288 g/mol. The van der Waals surface area contributed by atoms with Crippen LogP contribution in [0.1, 0.15) is 45.6 Å². The van der Waals surface area contributed by atoms with E-state index >= 15 is 0 Å². The molecule has 1 heterocycles. The van der Waals surface area contributed by atoms with Crippen LogP contribution in [0.25, 0.3) is 0 Å². The van der Waals surface area contributed by atoms with Gasteiger partial charge in [-0.3, -0.25) is 0 Å². The van der Waals surface area contributed by atoms with Crippen molar-refractivity contribution >= 4 is 0 Å². The number of nitrogens with one attached hydrogen (secondary N) is 1. The van der Waals surface area contributed by atoms with Gasteiger partial charge in [-0.2, -0.15) is 0 Å². The van der Waals surface area contributed by atoms with Gasteiger partial charge in [0.25, 0.3) is 0 Å². The van der Waals surface area contributed by atoms with Gasteiger partial charge in [0, 0.05) is 25.2 Å². The lowest BCUT2D eigenvalue weighted by atomic mass is 10.00. The van der Waals surface area contributed by atoms with Gasteiger partial charge in [0.2, 0.25) is 0 Å². The summed E-state index contributed by atoms with van der Waals surface area (Å²) >= 11 is 0. The van der Waals surface area contributed by atoms with Crippen molar-refractivity contribution in [2.75, 3.05) is 19.6 Å². The highest BCUT2D eigenvalue weighted by Crippen LogP contribution is 2.14. The Hall–Kier alpha value is -0.860. The minimum Gasteiger partial charge on any atom is -0.310 e. The van der Waals surface area contributed by atoms with Crippen LogP contribution in [0, 0.1) is 5.92 Å². The van der Waals surface area contributed by atoms with E-state index in [1.165, 1.54) is 50.9 Å². The van der Waals surface area contributed by atoms with Crippen LogP contribution < -0.4 is 5.32 Å². The summed E-state index contributed by atoms with van der Waals surface area (Å²) in [6, 6.07) is 12.2. The summed E-state index contributed by atoms with van der Waals surface area (Å²) < 4.78 is 0. The van der Waals surface area contributed by atoms with Gasteiger partial charge in [-0.15, -0.1) is 0 Å². The van der Waals surface area contributed by atoms with Crippen molar-refractivity contribution in [2.45, 2.75) is 58.5 Å². The van der Waals surface area contributed by atoms with Crippen molar-refractivity contribution in [1.82, 2.24) is 10.2 Å². The smallest absolute Gasteiger partial charge is 0.0209 e. The van der Waals surface area contributed by atoms with Crippen molar-refractivity contribution in [3.05, 3.63) is 35.9 Å². The summed E-state index contributed by atoms with van der Waals surface area (Å²) in [5.41, 5.74) is 1.46. The minimum absolute atomic E-state index is 0.652. The third-order valence-electron chi connectivity index (χ3n) is 4.80. The van der Waals surface area contributed by atoms with Gasteiger partial charge in [0.15, 0.2) is 0 Å². The molecule has 0 saturated carbocycles. The van der Waals surface area contributed by atoms with Crippen LogP contribution >= 0.6 is 0 Å². The van der Waals surface area contributed by atoms with Crippen LogP contribution in [0.5, 0.6) is 0 Å². The van der Waals surface area contributed by atoms with Crippen LogP contribution in [0.3, 0.4) is 0 Å². The Labute approximate surface area is 130 Å². The van der Waals surface area contributed by atoms with Crippen molar-refractivity contribution in [2.24, 2.45) is 5.92 Å². The summed E-state index contributed by atoms with van der Waals surface area (Å²) in [6.07, 6.45) is 5.08. The molecule has 0 amide bonds. The van der Waals surface area contributed by atoms with Crippen LogP contribution in [-0.4, -0.2) is 36.6 Å². The van der Waals surface area contributed by atoms with Gasteiger partial charge >= 0.3 is 0 Å². The first-order valence-electron chi connectivity index (χ1n) is 8.69. The molecule has 1 aromatic rings. The van der Waals surface area contributed by atoms with E-state index in [4.69, 9.17) is 0 Å². The Morgan fingerprint density at radius 1 is 1.24 bits per heavy atom. The molecule has 2 rings (SSSR count). The van der Waals surface area contributed by atoms with Crippen LogP contribution in [0.2, 0.25) is 0 Å². The molecule has 1 aliphatic heterocycles. The first-order chi connectivity index (χ1) is 10.2. The second-order valence-electron chi connectivity index (χ2n) is 6.84. The molecule has 1 N–H and O–H groups in total. The van der Waals surface area contributed by atoms with Crippen molar-refractivity contribution in [1.29, 1.82) is 0 Å². The molecule has 0 aromatic heterocycles. The maximum atomic E-state index is 3.83. The summed E-state index contributed by atoms with van der Waals surface area (Å²) in [5, 5.41) is 3.83.